The quantitative estimate of drug-likeness (QED) is 0.531. The SMILES string of the molecule is C=CCCC[C@H]1CCCNCC(C)N1. The van der Waals surface area contributed by atoms with Crippen molar-refractivity contribution < 1.29 is 0 Å². The second kappa shape index (κ2) is 7.02. The van der Waals surface area contributed by atoms with Crippen LogP contribution in [0.5, 0.6) is 0 Å². The molecule has 14 heavy (non-hydrogen) atoms. The van der Waals surface area contributed by atoms with Crippen molar-refractivity contribution in [3.8, 4) is 0 Å². The average molecular weight is 196 g/mol. The van der Waals surface area contributed by atoms with E-state index in [1.54, 1.807) is 0 Å². The maximum absolute atomic E-state index is 3.76. The number of hydrogen-bond donors (Lipinski definition) is 2. The number of rotatable bonds is 4. The molecule has 1 heterocycles. The summed E-state index contributed by atoms with van der Waals surface area (Å²) in [7, 11) is 0. The Labute approximate surface area is 88.2 Å². The lowest BCUT2D eigenvalue weighted by molar-refractivity contribution is 0.351. The topological polar surface area (TPSA) is 24.1 Å². The molecule has 0 spiro atoms. The van der Waals surface area contributed by atoms with Gasteiger partial charge in [-0.3, -0.25) is 0 Å². The molecule has 2 nitrogen and oxygen atoms in total. The van der Waals surface area contributed by atoms with Crippen molar-refractivity contribution >= 4 is 0 Å². The molecule has 2 heteroatoms. The highest BCUT2D eigenvalue weighted by atomic mass is 15.0. The summed E-state index contributed by atoms with van der Waals surface area (Å²) >= 11 is 0. The molecule has 0 aliphatic carbocycles. The summed E-state index contributed by atoms with van der Waals surface area (Å²) in [5.41, 5.74) is 0. The molecular formula is C12H24N2. The Hall–Kier alpha value is -0.340. The summed E-state index contributed by atoms with van der Waals surface area (Å²) in [6, 6.07) is 1.34. The first-order valence-electron chi connectivity index (χ1n) is 5.90. The van der Waals surface area contributed by atoms with Crippen molar-refractivity contribution in [2.24, 2.45) is 0 Å². The molecule has 82 valence electrons. The molecule has 1 aliphatic heterocycles. The van der Waals surface area contributed by atoms with Crippen LogP contribution in [0.2, 0.25) is 0 Å². The van der Waals surface area contributed by atoms with Gasteiger partial charge in [-0.15, -0.1) is 6.58 Å². The van der Waals surface area contributed by atoms with Gasteiger partial charge >= 0.3 is 0 Å². The third-order valence-corrected chi connectivity index (χ3v) is 2.84. The fraction of sp³-hybridized carbons (Fsp3) is 0.833. The molecule has 0 radical (unpaired) electrons. The zero-order chi connectivity index (χ0) is 10.2. The largest absolute Gasteiger partial charge is 0.315 e. The van der Waals surface area contributed by atoms with Gasteiger partial charge in [-0.25, -0.2) is 0 Å². The van der Waals surface area contributed by atoms with E-state index in [1.165, 1.54) is 32.2 Å². The number of hydrogen-bond acceptors (Lipinski definition) is 2. The van der Waals surface area contributed by atoms with Gasteiger partial charge in [0, 0.05) is 18.6 Å². The predicted molar refractivity (Wildman–Crippen MR) is 62.5 cm³/mol. The summed E-state index contributed by atoms with van der Waals surface area (Å²) in [5.74, 6) is 0. The van der Waals surface area contributed by atoms with Crippen LogP contribution in [-0.2, 0) is 0 Å². The first kappa shape index (κ1) is 11.7. The van der Waals surface area contributed by atoms with E-state index >= 15 is 0 Å². The van der Waals surface area contributed by atoms with Crippen LogP contribution in [0.4, 0.5) is 0 Å². The van der Waals surface area contributed by atoms with E-state index in [0.717, 1.165) is 19.0 Å². The molecule has 0 bridgehead atoms. The van der Waals surface area contributed by atoms with E-state index in [-0.39, 0.29) is 0 Å². The lowest BCUT2D eigenvalue weighted by atomic mass is 10.0. The highest BCUT2D eigenvalue weighted by Crippen LogP contribution is 2.09. The van der Waals surface area contributed by atoms with Crippen LogP contribution in [0.15, 0.2) is 12.7 Å². The van der Waals surface area contributed by atoms with Crippen molar-refractivity contribution in [3.05, 3.63) is 12.7 Å². The van der Waals surface area contributed by atoms with Gasteiger partial charge < -0.3 is 10.6 Å². The summed E-state index contributed by atoms with van der Waals surface area (Å²) in [5, 5.41) is 7.13. The normalized spacial score (nSPS) is 29.2. The monoisotopic (exact) mass is 196 g/mol. The predicted octanol–water partition coefficient (Wildman–Crippen LogP) is 2.07. The van der Waals surface area contributed by atoms with E-state index in [9.17, 15) is 0 Å². The standard InChI is InChI=1S/C12H24N2/c1-3-4-5-7-12-8-6-9-13-10-11(2)14-12/h3,11-14H,1,4-10H2,2H3/t11?,12-/m0/s1. The molecule has 0 aromatic rings. The molecule has 0 aromatic heterocycles. The lowest BCUT2D eigenvalue weighted by Crippen LogP contribution is -2.45. The second-order valence-electron chi connectivity index (χ2n) is 4.33. The summed E-state index contributed by atoms with van der Waals surface area (Å²) in [6.07, 6.45) is 8.38. The molecule has 1 unspecified atom stereocenters. The van der Waals surface area contributed by atoms with Crippen molar-refractivity contribution in [1.82, 2.24) is 10.6 Å². The van der Waals surface area contributed by atoms with E-state index in [0.29, 0.717) is 6.04 Å². The summed E-state index contributed by atoms with van der Waals surface area (Å²) < 4.78 is 0. The minimum atomic E-state index is 0.615. The Morgan fingerprint density at radius 2 is 2.36 bits per heavy atom. The zero-order valence-electron chi connectivity index (χ0n) is 9.39. The zero-order valence-corrected chi connectivity index (χ0v) is 9.39. The van der Waals surface area contributed by atoms with Crippen molar-refractivity contribution in [1.29, 1.82) is 0 Å². The third-order valence-electron chi connectivity index (χ3n) is 2.84. The van der Waals surface area contributed by atoms with Crippen LogP contribution in [0, 0.1) is 0 Å². The second-order valence-corrected chi connectivity index (χ2v) is 4.33. The Kier molecular flexibility index (Phi) is 5.88. The number of nitrogens with one attached hydrogen (secondary N) is 2. The minimum Gasteiger partial charge on any atom is -0.315 e. The fourth-order valence-corrected chi connectivity index (χ4v) is 2.07. The highest BCUT2D eigenvalue weighted by molar-refractivity contribution is 4.77. The first-order valence-corrected chi connectivity index (χ1v) is 5.90. The first-order chi connectivity index (χ1) is 6.83. The fourth-order valence-electron chi connectivity index (χ4n) is 2.07. The van der Waals surface area contributed by atoms with E-state index < -0.39 is 0 Å². The molecule has 0 amide bonds. The average Bonchev–Trinajstić information content (AvgIpc) is 2.13. The summed E-state index contributed by atoms with van der Waals surface area (Å²) in [6.45, 7) is 8.32. The lowest BCUT2D eigenvalue weighted by Gasteiger charge is -2.26. The van der Waals surface area contributed by atoms with E-state index in [4.69, 9.17) is 0 Å². The molecule has 2 atom stereocenters. The Morgan fingerprint density at radius 1 is 1.50 bits per heavy atom. The Bertz CT molecular complexity index is 156. The molecule has 1 fully saturated rings. The van der Waals surface area contributed by atoms with Crippen molar-refractivity contribution in [3.63, 3.8) is 0 Å². The molecule has 0 aromatic carbocycles. The van der Waals surface area contributed by atoms with Gasteiger partial charge in [0.25, 0.3) is 0 Å². The summed E-state index contributed by atoms with van der Waals surface area (Å²) in [4.78, 5) is 0. The molecule has 0 saturated carbocycles. The Morgan fingerprint density at radius 3 is 3.14 bits per heavy atom. The molecule has 2 N–H and O–H groups in total. The van der Waals surface area contributed by atoms with Crippen LogP contribution in [0.25, 0.3) is 0 Å². The molecule has 1 saturated heterocycles. The smallest absolute Gasteiger partial charge is 0.0166 e. The van der Waals surface area contributed by atoms with Crippen molar-refractivity contribution in [2.75, 3.05) is 13.1 Å². The number of allylic oxidation sites excluding steroid dienone is 1. The van der Waals surface area contributed by atoms with Gasteiger partial charge in [0.2, 0.25) is 0 Å². The maximum Gasteiger partial charge on any atom is 0.0166 e. The van der Waals surface area contributed by atoms with E-state index in [2.05, 4.69) is 24.1 Å². The van der Waals surface area contributed by atoms with Gasteiger partial charge in [-0.2, -0.15) is 0 Å². The number of unbranched alkanes of at least 4 members (excludes halogenated alkanes) is 1. The van der Waals surface area contributed by atoms with Gasteiger partial charge in [0.05, 0.1) is 0 Å². The maximum atomic E-state index is 3.76. The van der Waals surface area contributed by atoms with Gasteiger partial charge in [-0.05, 0) is 45.6 Å². The van der Waals surface area contributed by atoms with Crippen LogP contribution < -0.4 is 10.6 Å². The highest BCUT2D eigenvalue weighted by Gasteiger charge is 2.13. The van der Waals surface area contributed by atoms with Crippen LogP contribution >= 0.6 is 0 Å². The molecule has 1 rings (SSSR count). The van der Waals surface area contributed by atoms with Gasteiger partial charge in [0.15, 0.2) is 0 Å². The van der Waals surface area contributed by atoms with Gasteiger partial charge in [0.1, 0.15) is 0 Å². The van der Waals surface area contributed by atoms with Crippen LogP contribution in [0.1, 0.15) is 39.0 Å². The van der Waals surface area contributed by atoms with Crippen LogP contribution in [-0.4, -0.2) is 25.2 Å². The molecule has 1 aliphatic rings. The van der Waals surface area contributed by atoms with E-state index in [1.807, 2.05) is 6.08 Å². The third kappa shape index (κ3) is 4.77. The molecular weight excluding hydrogens is 172 g/mol. The van der Waals surface area contributed by atoms with Gasteiger partial charge in [-0.1, -0.05) is 6.08 Å². The van der Waals surface area contributed by atoms with Crippen LogP contribution in [0.3, 0.4) is 0 Å². The Balaban J connectivity index is 2.21. The van der Waals surface area contributed by atoms with Crippen molar-refractivity contribution in [2.45, 2.75) is 51.1 Å². The minimum absolute atomic E-state index is 0.615.